The third-order valence-corrected chi connectivity index (χ3v) is 4.10. The second-order valence-electron chi connectivity index (χ2n) is 4.70. The van der Waals surface area contributed by atoms with Crippen LogP contribution in [0.2, 0.25) is 0 Å². The van der Waals surface area contributed by atoms with Crippen LogP contribution in [0.3, 0.4) is 0 Å². The highest BCUT2D eigenvalue weighted by Gasteiger charge is 2.11. The van der Waals surface area contributed by atoms with Gasteiger partial charge in [0.15, 0.2) is 0 Å². The molecule has 1 rings (SSSR count). The smallest absolute Gasteiger partial charge is 0.440 e. The van der Waals surface area contributed by atoms with Crippen LogP contribution in [0.5, 0.6) is 0 Å². The van der Waals surface area contributed by atoms with Gasteiger partial charge in [0.1, 0.15) is 6.10 Å². The van der Waals surface area contributed by atoms with E-state index in [9.17, 15) is 9.00 Å². The Morgan fingerprint density at radius 1 is 1.40 bits per heavy atom. The number of allylic oxidation sites excluding steroid dienone is 1. The summed E-state index contributed by atoms with van der Waals surface area (Å²) in [6, 6.07) is 9.36. The molecule has 0 aliphatic heterocycles. The molecule has 4 nitrogen and oxygen atoms in total. The molecule has 1 aromatic carbocycles. The van der Waals surface area contributed by atoms with Gasteiger partial charge in [0, 0.05) is 16.3 Å². The van der Waals surface area contributed by atoms with Crippen molar-refractivity contribution in [3.63, 3.8) is 0 Å². The Balaban J connectivity index is 2.54. The normalized spacial score (nSPS) is 15.3. The van der Waals surface area contributed by atoms with E-state index in [0.29, 0.717) is 5.75 Å². The lowest BCUT2D eigenvalue weighted by Crippen LogP contribution is -2.07. The Hall–Kier alpha value is -1.62. The Kier molecular flexibility index (Phi) is 7.01. The van der Waals surface area contributed by atoms with Gasteiger partial charge in [0.25, 0.3) is 0 Å². The molecule has 0 aliphatic carbocycles. The third kappa shape index (κ3) is 6.02. The summed E-state index contributed by atoms with van der Waals surface area (Å²) >= 11 is 0. The van der Waals surface area contributed by atoms with Crippen LogP contribution >= 0.6 is 0 Å². The van der Waals surface area contributed by atoms with E-state index in [1.165, 1.54) is 0 Å². The van der Waals surface area contributed by atoms with Crippen molar-refractivity contribution in [2.45, 2.75) is 26.4 Å². The lowest BCUT2D eigenvalue weighted by atomic mass is 10.1. The maximum absolute atomic E-state index is 11.7. The standard InChI is InChI=1S/C15H21NO3S/c1-4-8-12(2)11-20(18)16-15(17)19-13(3)14-9-6-5-7-10-14/h4-7,9-10,12-13,20H,1,8,11H2,2-3H3/t12-,13-/m0/s1. The minimum absolute atomic E-state index is 0.194. The van der Waals surface area contributed by atoms with E-state index in [4.69, 9.17) is 4.74 Å². The van der Waals surface area contributed by atoms with E-state index in [2.05, 4.69) is 10.9 Å². The zero-order chi connectivity index (χ0) is 15.0. The molecule has 20 heavy (non-hydrogen) atoms. The number of carbonyl (C=O) groups excluding carboxylic acids is 1. The first kappa shape index (κ1) is 16.4. The number of nitrogens with zero attached hydrogens (tertiary/aromatic N) is 1. The van der Waals surface area contributed by atoms with E-state index in [0.717, 1.165) is 12.0 Å². The predicted octanol–water partition coefficient (Wildman–Crippen LogP) is 3.76. The fourth-order valence-electron chi connectivity index (χ4n) is 1.72. The first-order valence-electron chi connectivity index (χ1n) is 6.55. The zero-order valence-electron chi connectivity index (χ0n) is 11.9. The fraction of sp³-hybridized carbons (Fsp3) is 0.400. The molecule has 0 aliphatic rings. The molecule has 0 aromatic heterocycles. The average Bonchev–Trinajstić information content (AvgIpc) is 2.39. The molecule has 1 unspecified atom stereocenters. The molecule has 1 amide bonds. The lowest BCUT2D eigenvalue weighted by Gasteiger charge is -2.11. The van der Waals surface area contributed by atoms with Gasteiger partial charge in [-0.15, -0.1) is 10.9 Å². The van der Waals surface area contributed by atoms with Crippen molar-refractivity contribution in [2.24, 2.45) is 10.3 Å². The number of hydrogen-bond acceptors (Lipinski definition) is 3. The van der Waals surface area contributed by atoms with Crippen LogP contribution in [0.15, 0.2) is 47.3 Å². The van der Waals surface area contributed by atoms with Crippen molar-refractivity contribution >= 4 is 16.7 Å². The number of amides is 1. The van der Waals surface area contributed by atoms with Gasteiger partial charge < -0.3 is 4.74 Å². The molecule has 0 spiro atoms. The van der Waals surface area contributed by atoms with Crippen LogP contribution in [0.1, 0.15) is 31.9 Å². The number of hydrogen-bond donors (Lipinski definition) is 1. The maximum Gasteiger partial charge on any atom is 0.442 e. The highest BCUT2D eigenvalue weighted by atomic mass is 32.2. The van der Waals surface area contributed by atoms with E-state index in [1.54, 1.807) is 13.0 Å². The summed E-state index contributed by atoms with van der Waals surface area (Å²) in [5, 5.41) is 0. The summed E-state index contributed by atoms with van der Waals surface area (Å²) in [5.41, 5.74) is 0.881. The van der Waals surface area contributed by atoms with Crippen LogP contribution in [-0.4, -0.2) is 16.1 Å². The average molecular weight is 295 g/mol. The molecule has 1 aromatic rings. The maximum atomic E-state index is 11.7. The Labute approximate surface area is 122 Å². The second kappa shape index (κ2) is 8.53. The minimum atomic E-state index is -1.92. The molecule has 5 heteroatoms. The summed E-state index contributed by atoms with van der Waals surface area (Å²) in [6.07, 6.45) is 1.35. The molecule has 0 saturated heterocycles. The highest BCUT2D eigenvalue weighted by Crippen LogP contribution is 2.16. The first-order chi connectivity index (χ1) is 9.52. The molecule has 110 valence electrons. The van der Waals surface area contributed by atoms with Crippen LogP contribution in [0.4, 0.5) is 4.79 Å². The molecular weight excluding hydrogens is 274 g/mol. The van der Waals surface area contributed by atoms with Gasteiger partial charge in [0.2, 0.25) is 0 Å². The van der Waals surface area contributed by atoms with Gasteiger partial charge in [-0.3, -0.25) is 4.21 Å². The third-order valence-electron chi connectivity index (χ3n) is 2.78. The fourth-order valence-corrected chi connectivity index (χ4v) is 2.72. The summed E-state index contributed by atoms with van der Waals surface area (Å²) < 4.78 is 20.4. The largest absolute Gasteiger partial charge is 0.442 e. The van der Waals surface area contributed by atoms with Crippen LogP contribution in [0, 0.1) is 5.92 Å². The molecule has 0 fully saturated rings. The number of thiol groups is 1. The van der Waals surface area contributed by atoms with Crippen molar-refractivity contribution in [1.82, 2.24) is 0 Å². The van der Waals surface area contributed by atoms with Crippen molar-refractivity contribution in [3.05, 3.63) is 48.6 Å². The molecule has 0 heterocycles. The second-order valence-corrected chi connectivity index (χ2v) is 5.97. The summed E-state index contributed by atoms with van der Waals surface area (Å²) in [7, 11) is -1.92. The van der Waals surface area contributed by atoms with E-state index >= 15 is 0 Å². The number of ether oxygens (including phenoxy) is 1. The van der Waals surface area contributed by atoms with Crippen molar-refractivity contribution in [3.8, 4) is 0 Å². The Bertz CT molecular complexity index is 521. The molecule has 0 N–H and O–H groups in total. The minimum Gasteiger partial charge on any atom is -0.440 e. The van der Waals surface area contributed by atoms with Crippen molar-refractivity contribution in [2.75, 3.05) is 5.75 Å². The van der Waals surface area contributed by atoms with Crippen molar-refractivity contribution < 1.29 is 13.7 Å². The molecule has 3 atom stereocenters. The molecule has 0 bridgehead atoms. The number of benzene rings is 1. The van der Waals surface area contributed by atoms with Gasteiger partial charge in [-0.2, -0.15) is 0 Å². The highest BCUT2D eigenvalue weighted by molar-refractivity contribution is 7.75. The van der Waals surface area contributed by atoms with Crippen LogP contribution < -0.4 is 0 Å². The first-order valence-corrected chi connectivity index (χ1v) is 7.95. The van der Waals surface area contributed by atoms with Crippen LogP contribution in [-0.2, 0) is 15.3 Å². The number of carbonyl (C=O) groups is 1. The van der Waals surface area contributed by atoms with Gasteiger partial charge in [-0.1, -0.05) is 43.3 Å². The SMILES string of the molecule is C=CC[C@H](C)C/[SH](=O)=N\C(=O)O[C@@H](C)c1ccccc1. The van der Waals surface area contributed by atoms with E-state index in [-0.39, 0.29) is 5.92 Å². The quantitative estimate of drug-likeness (QED) is 0.642. The van der Waals surface area contributed by atoms with Gasteiger partial charge in [-0.25, -0.2) is 4.79 Å². The molecule has 0 saturated carbocycles. The monoisotopic (exact) mass is 295 g/mol. The Morgan fingerprint density at radius 2 is 2.05 bits per heavy atom. The van der Waals surface area contributed by atoms with Crippen molar-refractivity contribution in [1.29, 1.82) is 0 Å². The Morgan fingerprint density at radius 3 is 2.65 bits per heavy atom. The van der Waals surface area contributed by atoms with Gasteiger partial charge in [0.05, 0.1) is 0 Å². The van der Waals surface area contributed by atoms with Gasteiger partial charge >= 0.3 is 6.09 Å². The number of rotatable bonds is 6. The topological polar surface area (TPSA) is 55.7 Å². The molecule has 0 radical (unpaired) electrons. The predicted molar refractivity (Wildman–Crippen MR) is 82.1 cm³/mol. The van der Waals surface area contributed by atoms with E-state index < -0.39 is 22.8 Å². The summed E-state index contributed by atoms with van der Waals surface area (Å²) in [6.45, 7) is 7.33. The van der Waals surface area contributed by atoms with Crippen LogP contribution in [0.25, 0.3) is 0 Å². The molecular formula is C15H21NO3S. The summed E-state index contributed by atoms with van der Waals surface area (Å²) in [4.78, 5) is 11.6. The van der Waals surface area contributed by atoms with E-state index in [1.807, 2.05) is 37.3 Å². The zero-order valence-corrected chi connectivity index (χ0v) is 12.8. The summed E-state index contributed by atoms with van der Waals surface area (Å²) in [5.74, 6) is 0.565. The lowest BCUT2D eigenvalue weighted by molar-refractivity contribution is 0.117. The van der Waals surface area contributed by atoms with Gasteiger partial charge in [-0.05, 0) is 24.8 Å².